The summed E-state index contributed by atoms with van der Waals surface area (Å²) in [5, 5.41) is 8.42. The average molecular weight is 341 g/mol. The number of nitrogens with one attached hydrogen (secondary N) is 2. The van der Waals surface area contributed by atoms with Gasteiger partial charge >= 0.3 is 0 Å². The van der Waals surface area contributed by atoms with Crippen molar-refractivity contribution in [3.05, 3.63) is 23.4 Å². The van der Waals surface area contributed by atoms with Crippen LogP contribution in [0.15, 0.2) is 12.1 Å². The summed E-state index contributed by atoms with van der Waals surface area (Å²) in [5.41, 5.74) is 4.87. The fourth-order valence-electron chi connectivity index (χ4n) is 4.14. The standard InChI is InChI=1S/C20H27N3O2/c1-24-18-9-15-17(10-19(18)25-2)23-16-7-3-6-14(16)20(15)22-12-13-5-4-8-21-11-13/h9-10,13,21H,3-8,11-12H2,1-2H3,(H,22,23)/t13-/m1/s1. The van der Waals surface area contributed by atoms with Crippen molar-refractivity contribution in [2.24, 2.45) is 5.92 Å². The Bertz CT molecular complexity index is 769. The number of nitrogens with zero attached hydrogens (tertiary/aromatic N) is 1. The van der Waals surface area contributed by atoms with E-state index in [1.165, 1.54) is 36.2 Å². The zero-order chi connectivity index (χ0) is 17.2. The molecule has 1 aromatic carbocycles. The van der Waals surface area contributed by atoms with Gasteiger partial charge < -0.3 is 20.1 Å². The van der Waals surface area contributed by atoms with Gasteiger partial charge in [-0.3, -0.25) is 4.98 Å². The molecule has 1 aromatic heterocycles. The number of hydrogen-bond acceptors (Lipinski definition) is 5. The van der Waals surface area contributed by atoms with Crippen molar-refractivity contribution in [1.82, 2.24) is 10.3 Å². The van der Waals surface area contributed by atoms with E-state index in [1.54, 1.807) is 14.2 Å². The fraction of sp³-hybridized carbons (Fsp3) is 0.550. The highest BCUT2D eigenvalue weighted by atomic mass is 16.5. The largest absolute Gasteiger partial charge is 0.493 e. The van der Waals surface area contributed by atoms with E-state index < -0.39 is 0 Å². The molecular formula is C20H27N3O2. The molecule has 0 spiro atoms. The molecule has 2 aromatic rings. The molecule has 0 bridgehead atoms. The molecule has 1 saturated heterocycles. The van der Waals surface area contributed by atoms with Crippen LogP contribution >= 0.6 is 0 Å². The summed E-state index contributed by atoms with van der Waals surface area (Å²) in [6.07, 6.45) is 5.93. The molecule has 2 heterocycles. The summed E-state index contributed by atoms with van der Waals surface area (Å²) in [5.74, 6) is 2.19. The third kappa shape index (κ3) is 3.13. The molecule has 0 amide bonds. The van der Waals surface area contributed by atoms with Crippen LogP contribution < -0.4 is 20.1 Å². The molecule has 1 aliphatic heterocycles. The van der Waals surface area contributed by atoms with Crippen molar-refractivity contribution < 1.29 is 9.47 Å². The van der Waals surface area contributed by atoms with Crippen LogP contribution in [0.1, 0.15) is 30.5 Å². The Morgan fingerprint density at radius 2 is 2.00 bits per heavy atom. The van der Waals surface area contributed by atoms with Crippen molar-refractivity contribution in [3.63, 3.8) is 0 Å². The Morgan fingerprint density at radius 1 is 1.16 bits per heavy atom. The van der Waals surface area contributed by atoms with Gasteiger partial charge in [-0.1, -0.05) is 0 Å². The van der Waals surface area contributed by atoms with E-state index in [0.29, 0.717) is 5.92 Å². The highest BCUT2D eigenvalue weighted by Crippen LogP contribution is 2.39. The second kappa shape index (κ2) is 7.08. The Balaban J connectivity index is 1.74. The fourth-order valence-corrected chi connectivity index (χ4v) is 4.14. The maximum absolute atomic E-state index is 5.52. The summed E-state index contributed by atoms with van der Waals surface area (Å²) < 4.78 is 11.0. The Labute approximate surface area is 149 Å². The van der Waals surface area contributed by atoms with Crippen LogP contribution in [0.4, 0.5) is 5.69 Å². The van der Waals surface area contributed by atoms with Crippen LogP contribution in [0.25, 0.3) is 10.9 Å². The van der Waals surface area contributed by atoms with Crippen LogP contribution in [-0.4, -0.2) is 38.8 Å². The monoisotopic (exact) mass is 341 g/mol. The van der Waals surface area contributed by atoms with E-state index in [-0.39, 0.29) is 0 Å². The average Bonchev–Trinajstić information content (AvgIpc) is 3.13. The molecular weight excluding hydrogens is 314 g/mol. The first-order valence-electron chi connectivity index (χ1n) is 9.32. The van der Waals surface area contributed by atoms with Gasteiger partial charge in [0, 0.05) is 29.4 Å². The molecule has 1 fully saturated rings. The molecule has 4 rings (SSSR count). The van der Waals surface area contributed by atoms with Crippen LogP contribution in [0, 0.1) is 5.92 Å². The van der Waals surface area contributed by atoms with Crippen molar-refractivity contribution in [1.29, 1.82) is 0 Å². The number of aromatic nitrogens is 1. The lowest BCUT2D eigenvalue weighted by atomic mass is 9.99. The minimum Gasteiger partial charge on any atom is -0.493 e. The molecule has 2 N–H and O–H groups in total. The number of piperidine rings is 1. The van der Waals surface area contributed by atoms with E-state index in [4.69, 9.17) is 14.5 Å². The van der Waals surface area contributed by atoms with Crippen LogP contribution in [0.2, 0.25) is 0 Å². The van der Waals surface area contributed by atoms with Gasteiger partial charge in [0.05, 0.1) is 19.7 Å². The predicted octanol–water partition coefficient (Wildman–Crippen LogP) is 3.15. The highest BCUT2D eigenvalue weighted by molar-refractivity contribution is 5.96. The minimum atomic E-state index is 0.689. The first-order chi connectivity index (χ1) is 12.3. The van der Waals surface area contributed by atoms with Gasteiger partial charge in [0.1, 0.15) is 0 Å². The normalized spacial score (nSPS) is 19.7. The van der Waals surface area contributed by atoms with Crippen molar-refractivity contribution in [2.45, 2.75) is 32.1 Å². The number of rotatable bonds is 5. The molecule has 0 saturated carbocycles. The SMILES string of the molecule is COc1cc2nc3c(c(NC[C@@H]4CCCNC4)c2cc1OC)CCC3. The highest BCUT2D eigenvalue weighted by Gasteiger charge is 2.22. The van der Waals surface area contributed by atoms with E-state index in [1.807, 2.05) is 6.07 Å². The molecule has 2 aliphatic rings. The molecule has 1 aliphatic carbocycles. The zero-order valence-electron chi connectivity index (χ0n) is 15.2. The van der Waals surface area contributed by atoms with E-state index in [2.05, 4.69) is 16.7 Å². The molecule has 0 unspecified atom stereocenters. The Hall–Kier alpha value is -2.01. The number of methoxy groups -OCH3 is 2. The zero-order valence-corrected chi connectivity index (χ0v) is 15.2. The van der Waals surface area contributed by atoms with Crippen LogP contribution in [0.3, 0.4) is 0 Å². The summed E-state index contributed by atoms with van der Waals surface area (Å²) in [4.78, 5) is 4.91. The summed E-state index contributed by atoms with van der Waals surface area (Å²) in [7, 11) is 3.36. The lowest BCUT2D eigenvalue weighted by Gasteiger charge is -2.24. The van der Waals surface area contributed by atoms with Gasteiger partial charge in [0.2, 0.25) is 0 Å². The maximum atomic E-state index is 5.52. The van der Waals surface area contributed by atoms with Crippen molar-refractivity contribution >= 4 is 16.6 Å². The second-order valence-electron chi connectivity index (χ2n) is 7.08. The number of hydrogen-bond donors (Lipinski definition) is 2. The van der Waals surface area contributed by atoms with E-state index in [0.717, 1.165) is 54.9 Å². The van der Waals surface area contributed by atoms with E-state index >= 15 is 0 Å². The lowest BCUT2D eigenvalue weighted by Crippen LogP contribution is -2.33. The summed E-state index contributed by atoms with van der Waals surface area (Å²) >= 11 is 0. The first-order valence-corrected chi connectivity index (χ1v) is 9.32. The van der Waals surface area contributed by atoms with Crippen LogP contribution in [0.5, 0.6) is 11.5 Å². The number of pyridine rings is 1. The number of aryl methyl sites for hydroxylation is 1. The van der Waals surface area contributed by atoms with Crippen molar-refractivity contribution in [2.75, 3.05) is 39.2 Å². The van der Waals surface area contributed by atoms with Gasteiger partial charge in [0.15, 0.2) is 11.5 Å². The third-order valence-corrected chi connectivity index (χ3v) is 5.48. The minimum absolute atomic E-state index is 0.689. The number of ether oxygens (including phenoxy) is 2. The van der Waals surface area contributed by atoms with Gasteiger partial charge in [-0.25, -0.2) is 0 Å². The number of anilines is 1. The van der Waals surface area contributed by atoms with Gasteiger partial charge in [0.25, 0.3) is 0 Å². The van der Waals surface area contributed by atoms with E-state index in [9.17, 15) is 0 Å². The Kier molecular flexibility index (Phi) is 4.66. The molecule has 1 atom stereocenters. The van der Waals surface area contributed by atoms with Crippen molar-refractivity contribution in [3.8, 4) is 11.5 Å². The number of fused-ring (bicyclic) bond motifs is 2. The second-order valence-corrected chi connectivity index (χ2v) is 7.08. The third-order valence-electron chi connectivity index (χ3n) is 5.48. The predicted molar refractivity (Wildman–Crippen MR) is 101 cm³/mol. The van der Waals surface area contributed by atoms with Gasteiger partial charge in [-0.2, -0.15) is 0 Å². The molecule has 5 nitrogen and oxygen atoms in total. The van der Waals surface area contributed by atoms with Gasteiger partial charge in [-0.05, 0) is 62.7 Å². The number of benzene rings is 1. The van der Waals surface area contributed by atoms with Gasteiger partial charge in [-0.15, -0.1) is 0 Å². The molecule has 5 heteroatoms. The van der Waals surface area contributed by atoms with Crippen LogP contribution in [-0.2, 0) is 12.8 Å². The smallest absolute Gasteiger partial charge is 0.162 e. The molecule has 25 heavy (non-hydrogen) atoms. The quantitative estimate of drug-likeness (QED) is 0.875. The maximum Gasteiger partial charge on any atom is 0.162 e. The Morgan fingerprint density at radius 3 is 2.76 bits per heavy atom. The molecule has 0 radical (unpaired) electrons. The molecule has 134 valence electrons. The summed E-state index contributed by atoms with van der Waals surface area (Å²) in [6, 6.07) is 4.07. The topological polar surface area (TPSA) is 55.4 Å². The lowest BCUT2D eigenvalue weighted by molar-refractivity contribution is 0.356. The summed E-state index contributed by atoms with van der Waals surface area (Å²) in [6.45, 7) is 3.27. The first kappa shape index (κ1) is 16.5.